The highest BCUT2D eigenvalue weighted by atomic mass is 15.0. The Kier molecular flexibility index (Phi) is 7.02. The third-order valence-corrected chi connectivity index (χ3v) is 9.63. The molecule has 0 saturated heterocycles. The Morgan fingerprint density at radius 2 is 0.694 bits per heavy atom. The minimum absolute atomic E-state index is 0.479. The van der Waals surface area contributed by atoms with Crippen LogP contribution in [0.15, 0.2) is 188 Å². The molecule has 230 valence electrons. The number of benzene rings is 7. The van der Waals surface area contributed by atoms with E-state index >= 15 is 0 Å². The van der Waals surface area contributed by atoms with Crippen LogP contribution >= 0.6 is 0 Å². The van der Waals surface area contributed by atoms with Crippen LogP contribution in [0.5, 0.6) is 0 Å². The number of hydrogen-bond acceptors (Lipinski definition) is 3. The molecule has 3 heteroatoms. The predicted molar refractivity (Wildman–Crippen MR) is 199 cm³/mol. The second-order valence-corrected chi connectivity index (χ2v) is 12.4. The summed E-state index contributed by atoms with van der Waals surface area (Å²) in [6.45, 7) is 0. The molecule has 7 aromatic carbocycles. The van der Waals surface area contributed by atoms with E-state index in [1.54, 1.807) is 0 Å². The number of rotatable bonds is 6. The molecule has 0 spiro atoms. The summed E-state index contributed by atoms with van der Waals surface area (Å²) in [7, 11) is 0. The SMILES string of the molecule is c1ccc(-c2nc(-c3ccccc3)nc(-c3ccccc3-c3cccc(C4(c5ccccc5)c5ccccc5-c5ccccc54)c3)n2)cc1. The summed E-state index contributed by atoms with van der Waals surface area (Å²) in [5.41, 5.74) is 12.2. The van der Waals surface area contributed by atoms with Gasteiger partial charge in [-0.05, 0) is 50.6 Å². The molecule has 0 fully saturated rings. The minimum Gasteiger partial charge on any atom is -0.208 e. The smallest absolute Gasteiger partial charge is 0.164 e. The molecule has 9 rings (SSSR count). The summed E-state index contributed by atoms with van der Waals surface area (Å²) in [6.07, 6.45) is 0. The summed E-state index contributed by atoms with van der Waals surface area (Å²) in [4.78, 5) is 15.1. The van der Waals surface area contributed by atoms with Gasteiger partial charge in [-0.15, -0.1) is 0 Å². The monoisotopic (exact) mass is 625 g/mol. The van der Waals surface area contributed by atoms with Gasteiger partial charge in [0.05, 0.1) is 5.41 Å². The predicted octanol–water partition coefficient (Wildman–Crippen LogP) is 10.9. The van der Waals surface area contributed by atoms with Gasteiger partial charge in [0, 0.05) is 16.7 Å². The van der Waals surface area contributed by atoms with E-state index in [0.29, 0.717) is 17.5 Å². The largest absolute Gasteiger partial charge is 0.208 e. The molecular formula is C46H31N3. The molecule has 1 heterocycles. The fourth-order valence-corrected chi connectivity index (χ4v) is 7.49. The first-order valence-corrected chi connectivity index (χ1v) is 16.6. The molecule has 0 bridgehead atoms. The van der Waals surface area contributed by atoms with Gasteiger partial charge in [-0.3, -0.25) is 0 Å². The Morgan fingerprint density at radius 3 is 1.27 bits per heavy atom. The van der Waals surface area contributed by atoms with Crippen LogP contribution in [0, 0.1) is 0 Å². The lowest BCUT2D eigenvalue weighted by molar-refractivity contribution is 0.769. The van der Waals surface area contributed by atoms with Gasteiger partial charge in [0.2, 0.25) is 0 Å². The van der Waals surface area contributed by atoms with E-state index < -0.39 is 5.41 Å². The maximum Gasteiger partial charge on any atom is 0.164 e. The van der Waals surface area contributed by atoms with E-state index in [9.17, 15) is 0 Å². The Balaban J connectivity index is 1.26. The van der Waals surface area contributed by atoms with Gasteiger partial charge < -0.3 is 0 Å². The van der Waals surface area contributed by atoms with Crippen molar-refractivity contribution in [3.8, 4) is 56.4 Å². The molecule has 0 saturated carbocycles. The van der Waals surface area contributed by atoms with E-state index in [2.05, 4.69) is 127 Å². The zero-order valence-corrected chi connectivity index (χ0v) is 26.7. The standard InChI is InChI=1S/C46H31N3/c1-4-17-32(18-5-1)43-47-44(33-19-6-2-7-20-33)49-45(48-43)40-28-11-10-25-37(40)34-21-16-24-36(31-34)46(35-22-8-3-9-23-35)41-29-14-12-26-38(41)39-27-13-15-30-42(39)46/h1-31H. The highest BCUT2D eigenvalue weighted by molar-refractivity contribution is 5.88. The third-order valence-electron chi connectivity index (χ3n) is 9.63. The van der Waals surface area contributed by atoms with Gasteiger partial charge in [0.25, 0.3) is 0 Å². The second kappa shape index (κ2) is 12.0. The fraction of sp³-hybridized carbons (Fsp3) is 0.0217. The maximum atomic E-state index is 5.08. The average Bonchev–Trinajstić information content (AvgIpc) is 3.50. The third kappa shape index (κ3) is 4.78. The summed E-state index contributed by atoms with van der Waals surface area (Å²) >= 11 is 0. The summed E-state index contributed by atoms with van der Waals surface area (Å²) in [6, 6.07) is 66.4. The molecule has 0 atom stereocenters. The fourth-order valence-electron chi connectivity index (χ4n) is 7.49. The van der Waals surface area contributed by atoms with Crippen molar-refractivity contribution in [1.82, 2.24) is 15.0 Å². The summed E-state index contributed by atoms with van der Waals surface area (Å²) in [5, 5.41) is 0. The van der Waals surface area contributed by atoms with Crippen LogP contribution in [0.4, 0.5) is 0 Å². The van der Waals surface area contributed by atoms with Crippen molar-refractivity contribution in [2.24, 2.45) is 0 Å². The van der Waals surface area contributed by atoms with Gasteiger partial charge >= 0.3 is 0 Å². The lowest BCUT2D eigenvalue weighted by Gasteiger charge is -2.34. The minimum atomic E-state index is -0.479. The van der Waals surface area contributed by atoms with Gasteiger partial charge in [-0.25, -0.2) is 15.0 Å². The number of nitrogens with zero attached hydrogens (tertiary/aromatic N) is 3. The van der Waals surface area contributed by atoms with Crippen molar-refractivity contribution in [1.29, 1.82) is 0 Å². The Morgan fingerprint density at radius 1 is 0.286 bits per heavy atom. The maximum absolute atomic E-state index is 5.08. The van der Waals surface area contributed by atoms with Crippen LogP contribution in [0.2, 0.25) is 0 Å². The molecule has 8 aromatic rings. The molecule has 1 aliphatic carbocycles. The normalized spacial score (nSPS) is 12.7. The highest BCUT2D eigenvalue weighted by Crippen LogP contribution is 2.56. The molecule has 0 unspecified atom stereocenters. The van der Waals surface area contributed by atoms with Gasteiger partial charge in [-0.1, -0.05) is 182 Å². The van der Waals surface area contributed by atoms with Crippen LogP contribution < -0.4 is 0 Å². The first-order valence-electron chi connectivity index (χ1n) is 16.6. The van der Waals surface area contributed by atoms with Crippen LogP contribution in [-0.2, 0) is 5.41 Å². The van der Waals surface area contributed by atoms with Gasteiger partial charge in [0.1, 0.15) is 0 Å². The van der Waals surface area contributed by atoms with E-state index in [1.165, 1.54) is 33.4 Å². The molecule has 0 radical (unpaired) electrons. The molecule has 0 aliphatic heterocycles. The van der Waals surface area contributed by atoms with Crippen molar-refractivity contribution >= 4 is 0 Å². The average molecular weight is 626 g/mol. The van der Waals surface area contributed by atoms with E-state index in [4.69, 9.17) is 15.0 Å². The second-order valence-electron chi connectivity index (χ2n) is 12.4. The van der Waals surface area contributed by atoms with E-state index in [1.807, 2.05) is 60.7 Å². The van der Waals surface area contributed by atoms with Crippen molar-refractivity contribution < 1.29 is 0 Å². The van der Waals surface area contributed by atoms with Crippen LogP contribution in [0.25, 0.3) is 56.4 Å². The van der Waals surface area contributed by atoms with Crippen molar-refractivity contribution in [3.63, 3.8) is 0 Å². The zero-order chi connectivity index (χ0) is 32.6. The van der Waals surface area contributed by atoms with Gasteiger partial charge in [-0.2, -0.15) is 0 Å². The van der Waals surface area contributed by atoms with E-state index in [0.717, 1.165) is 27.8 Å². The van der Waals surface area contributed by atoms with Crippen molar-refractivity contribution in [2.75, 3.05) is 0 Å². The molecule has 1 aromatic heterocycles. The number of fused-ring (bicyclic) bond motifs is 3. The Hall–Kier alpha value is -6.45. The quantitative estimate of drug-likeness (QED) is 0.185. The van der Waals surface area contributed by atoms with Crippen molar-refractivity contribution in [2.45, 2.75) is 5.41 Å². The van der Waals surface area contributed by atoms with Crippen LogP contribution in [-0.4, -0.2) is 15.0 Å². The molecule has 1 aliphatic rings. The highest BCUT2D eigenvalue weighted by Gasteiger charge is 2.45. The first-order chi connectivity index (χ1) is 24.3. The molecule has 3 nitrogen and oxygen atoms in total. The number of aromatic nitrogens is 3. The lowest BCUT2D eigenvalue weighted by atomic mass is 9.67. The van der Waals surface area contributed by atoms with Crippen LogP contribution in [0.1, 0.15) is 22.3 Å². The Labute approximate surface area is 286 Å². The summed E-state index contributed by atoms with van der Waals surface area (Å²) < 4.78 is 0. The lowest BCUT2D eigenvalue weighted by Crippen LogP contribution is -2.28. The molecular weight excluding hydrogens is 595 g/mol. The van der Waals surface area contributed by atoms with Crippen molar-refractivity contribution in [3.05, 3.63) is 210 Å². The summed E-state index contributed by atoms with van der Waals surface area (Å²) in [5.74, 6) is 1.94. The van der Waals surface area contributed by atoms with Gasteiger partial charge in [0.15, 0.2) is 17.5 Å². The zero-order valence-electron chi connectivity index (χ0n) is 26.7. The molecule has 49 heavy (non-hydrogen) atoms. The topological polar surface area (TPSA) is 38.7 Å². The molecule has 0 amide bonds. The van der Waals surface area contributed by atoms with E-state index in [-0.39, 0.29) is 0 Å². The number of hydrogen-bond donors (Lipinski definition) is 0. The first kappa shape index (κ1) is 28.7. The Bertz CT molecular complexity index is 2330. The van der Waals surface area contributed by atoms with Crippen LogP contribution in [0.3, 0.4) is 0 Å². The molecule has 0 N–H and O–H groups in total.